The summed E-state index contributed by atoms with van der Waals surface area (Å²) in [5, 5.41) is 2.53. The summed E-state index contributed by atoms with van der Waals surface area (Å²) in [5.41, 5.74) is 1.37. The van der Waals surface area contributed by atoms with Gasteiger partial charge in [0.2, 0.25) is 5.56 Å². The van der Waals surface area contributed by atoms with E-state index in [1.54, 1.807) is 12.1 Å². The second kappa shape index (κ2) is 5.71. The number of halogens is 1. The van der Waals surface area contributed by atoms with Crippen LogP contribution < -0.4 is 10.9 Å². The molecular weight excluding hydrogens is 264 g/mol. The lowest BCUT2D eigenvalue weighted by Crippen LogP contribution is -2.18. The summed E-state index contributed by atoms with van der Waals surface area (Å²) in [4.78, 5) is 25.7. The Labute approximate surface area is 115 Å². The second-order valence-electron chi connectivity index (χ2n) is 4.09. The molecule has 1 aromatic carbocycles. The molecule has 0 spiro atoms. The van der Waals surface area contributed by atoms with Crippen LogP contribution in [-0.4, -0.2) is 10.9 Å². The lowest BCUT2D eigenvalue weighted by molar-refractivity contribution is 0.102. The number of anilines is 1. The zero-order chi connectivity index (χ0) is 13.8. The molecule has 1 aromatic heterocycles. The molecule has 0 saturated carbocycles. The molecule has 1 atom stereocenters. The fourth-order valence-electron chi connectivity index (χ4n) is 1.73. The summed E-state index contributed by atoms with van der Waals surface area (Å²) in [6.45, 7) is 1.83. The summed E-state index contributed by atoms with van der Waals surface area (Å²) in [6.07, 6.45) is 0. The third-order valence-corrected chi connectivity index (χ3v) is 2.89. The molecule has 0 aliphatic rings. The van der Waals surface area contributed by atoms with Crippen molar-refractivity contribution in [3.63, 3.8) is 0 Å². The molecule has 0 bridgehead atoms. The lowest BCUT2D eigenvalue weighted by atomic mass is 10.1. The van der Waals surface area contributed by atoms with Gasteiger partial charge in [0.25, 0.3) is 5.91 Å². The van der Waals surface area contributed by atoms with E-state index in [1.807, 2.05) is 25.1 Å². The van der Waals surface area contributed by atoms with Crippen molar-refractivity contribution in [3.05, 3.63) is 64.1 Å². The van der Waals surface area contributed by atoms with Gasteiger partial charge in [-0.25, -0.2) is 0 Å². The smallest absolute Gasteiger partial charge is 0.272 e. The standard InChI is InChI=1S/C14H13ClN2O2/c1-9(15)10-5-2-3-6-11(10)17-14(19)12-7-4-8-13(18)16-12/h2-9H,1H3,(H,16,18)(H,17,19). The highest BCUT2D eigenvalue weighted by Gasteiger charge is 2.11. The van der Waals surface area contributed by atoms with Gasteiger partial charge in [-0.3, -0.25) is 9.59 Å². The van der Waals surface area contributed by atoms with Crippen LogP contribution in [0.25, 0.3) is 0 Å². The molecular formula is C14H13ClN2O2. The van der Waals surface area contributed by atoms with E-state index in [0.717, 1.165) is 5.56 Å². The maximum absolute atomic E-state index is 12.0. The Morgan fingerprint density at radius 1 is 1.21 bits per heavy atom. The average molecular weight is 277 g/mol. The van der Waals surface area contributed by atoms with Gasteiger partial charge in [0.15, 0.2) is 0 Å². The van der Waals surface area contributed by atoms with Crippen molar-refractivity contribution in [2.45, 2.75) is 12.3 Å². The van der Waals surface area contributed by atoms with Crippen LogP contribution in [0.5, 0.6) is 0 Å². The minimum absolute atomic E-state index is 0.213. The fraction of sp³-hybridized carbons (Fsp3) is 0.143. The first-order valence-electron chi connectivity index (χ1n) is 5.81. The molecule has 98 valence electrons. The molecule has 0 fully saturated rings. The Balaban J connectivity index is 2.27. The molecule has 4 nitrogen and oxygen atoms in total. The third-order valence-electron chi connectivity index (χ3n) is 2.65. The number of para-hydroxylation sites is 1. The zero-order valence-electron chi connectivity index (χ0n) is 10.3. The van der Waals surface area contributed by atoms with Gasteiger partial charge in [0, 0.05) is 11.8 Å². The molecule has 0 saturated heterocycles. The number of H-pyrrole nitrogens is 1. The Bertz CT molecular complexity index is 650. The molecule has 2 N–H and O–H groups in total. The van der Waals surface area contributed by atoms with Crippen molar-refractivity contribution < 1.29 is 4.79 Å². The molecule has 19 heavy (non-hydrogen) atoms. The van der Waals surface area contributed by atoms with Crippen molar-refractivity contribution in [3.8, 4) is 0 Å². The Hall–Kier alpha value is -2.07. The second-order valence-corrected chi connectivity index (χ2v) is 4.74. The van der Waals surface area contributed by atoms with Crippen LogP contribution in [0.4, 0.5) is 5.69 Å². The van der Waals surface area contributed by atoms with Crippen molar-refractivity contribution in [1.82, 2.24) is 4.98 Å². The minimum atomic E-state index is -0.373. The van der Waals surface area contributed by atoms with Crippen molar-refractivity contribution >= 4 is 23.2 Å². The Morgan fingerprint density at radius 3 is 2.63 bits per heavy atom. The summed E-state index contributed by atoms with van der Waals surface area (Å²) >= 11 is 6.05. The largest absolute Gasteiger partial charge is 0.320 e. The number of carbonyl (C=O) groups excluding carboxylic acids is 1. The normalized spacial score (nSPS) is 11.9. The van der Waals surface area contributed by atoms with Crippen molar-refractivity contribution in [2.24, 2.45) is 0 Å². The molecule has 2 aromatic rings. The van der Waals surface area contributed by atoms with E-state index in [0.29, 0.717) is 5.69 Å². The number of alkyl halides is 1. The number of benzene rings is 1. The number of aromatic nitrogens is 1. The molecule has 0 aliphatic heterocycles. The molecule has 2 rings (SSSR count). The van der Waals surface area contributed by atoms with Crippen molar-refractivity contribution in [2.75, 3.05) is 5.32 Å². The molecule has 0 aliphatic carbocycles. The molecule has 1 amide bonds. The fourth-order valence-corrected chi connectivity index (χ4v) is 1.92. The number of carbonyl (C=O) groups is 1. The quantitative estimate of drug-likeness (QED) is 0.847. The van der Waals surface area contributed by atoms with Crippen molar-refractivity contribution in [1.29, 1.82) is 0 Å². The van der Waals surface area contributed by atoms with Gasteiger partial charge < -0.3 is 10.3 Å². The van der Waals surface area contributed by atoms with Crippen LogP contribution in [0.2, 0.25) is 0 Å². The number of nitrogens with one attached hydrogen (secondary N) is 2. The molecule has 1 heterocycles. The van der Waals surface area contributed by atoms with Crippen LogP contribution in [-0.2, 0) is 0 Å². The van der Waals surface area contributed by atoms with Crippen LogP contribution in [0.1, 0.15) is 28.4 Å². The predicted molar refractivity (Wildman–Crippen MR) is 75.7 cm³/mol. The topological polar surface area (TPSA) is 62.0 Å². The Kier molecular flexibility index (Phi) is 4.02. The van der Waals surface area contributed by atoms with E-state index in [9.17, 15) is 9.59 Å². The van der Waals surface area contributed by atoms with E-state index < -0.39 is 0 Å². The van der Waals surface area contributed by atoms with Gasteiger partial charge in [-0.2, -0.15) is 0 Å². The van der Waals surface area contributed by atoms with Crippen LogP contribution in [0.15, 0.2) is 47.3 Å². The highest BCUT2D eigenvalue weighted by atomic mass is 35.5. The maximum atomic E-state index is 12.0. The molecule has 5 heteroatoms. The summed E-state index contributed by atoms with van der Waals surface area (Å²) < 4.78 is 0. The van der Waals surface area contributed by atoms with Gasteiger partial charge in [-0.15, -0.1) is 11.6 Å². The maximum Gasteiger partial charge on any atom is 0.272 e. The lowest BCUT2D eigenvalue weighted by Gasteiger charge is -2.12. The van der Waals surface area contributed by atoms with E-state index in [1.165, 1.54) is 12.1 Å². The van der Waals surface area contributed by atoms with E-state index in [4.69, 9.17) is 11.6 Å². The number of amides is 1. The van der Waals surface area contributed by atoms with E-state index >= 15 is 0 Å². The number of pyridine rings is 1. The van der Waals surface area contributed by atoms with E-state index in [-0.39, 0.29) is 22.5 Å². The zero-order valence-corrected chi connectivity index (χ0v) is 11.1. The number of hydrogen-bond donors (Lipinski definition) is 2. The first kappa shape index (κ1) is 13.4. The van der Waals surface area contributed by atoms with E-state index in [2.05, 4.69) is 10.3 Å². The van der Waals surface area contributed by atoms with Crippen LogP contribution >= 0.6 is 11.6 Å². The SMILES string of the molecule is CC(Cl)c1ccccc1NC(=O)c1cccc(=O)[nH]1. The summed E-state index contributed by atoms with van der Waals surface area (Å²) in [7, 11) is 0. The van der Waals surface area contributed by atoms with Crippen LogP contribution in [0.3, 0.4) is 0 Å². The third kappa shape index (κ3) is 3.23. The van der Waals surface area contributed by atoms with Gasteiger partial charge >= 0.3 is 0 Å². The highest BCUT2D eigenvalue weighted by molar-refractivity contribution is 6.21. The monoisotopic (exact) mass is 276 g/mol. The first-order valence-corrected chi connectivity index (χ1v) is 6.25. The predicted octanol–water partition coefficient (Wildman–Crippen LogP) is 2.93. The summed E-state index contributed by atoms with van der Waals surface area (Å²) in [6, 6.07) is 11.7. The molecule has 1 unspecified atom stereocenters. The first-order chi connectivity index (χ1) is 9.08. The van der Waals surface area contributed by atoms with Gasteiger partial charge in [-0.05, 0) is 24.6 Å². The Morgan fingerprint density at radius 2 is 1.95 bits per heavy atom. The van der Waals surface area contributed by atoms with Gasteiger partial charge in [0.05, 0.1) is 5.38 Å². The minimum Gasteiger partial charge on any atom is -0.320 e. The summed E-state index contributed by atoms with van der Waals surface area (Å²) in [5.74, 6) is -0.373. The highest BCUT2D eigenvalue weighted by Crippen LogP contribution is 2.27. The van der Waals surface area contributed by atoms with Crippen LogP contribution in [0, 0.1) is 0 Å². The molecule has 0 radical (unpaired) electrons. The van der Waals surface area contributed by atoms with Gasteiger partial charge in [-0.1, -0.05) is 24.3 Å². The van der Waals surface area contributed by atoms with Gasteiger partial charge in [0.1, 0.15) is 5.69 Å². The number of hydrogen-bond acceptors (Lipinski definition) is 2. The number of aromatic amines is 1. The number of rotatable bonds is 3. The average Bonchev–Trinajstić information content (AvgIpc) is 2.39.